The van der Waals surface area contributed by atoms with E-state index in [4.69, 9.17) is 4.74 Å². The van der Waals surface area contributed by atoms with Gasteiger partial charge in [0, 0.05) is 18.7 Å². The van der Waals surface area contributed by atoms with Crippen LogP contribution in [0.25, 0.3) is 11.3 Å². The number of amides is 1. The molecule has 3 heterocycles. The van der Waals surface area contributed by atoms with Gasteiger partial charge in [-0.2, -0.15) is 4.98 Å². The maximum atomic E-state index is 12.5. The number of hydrogen-bond donors (Lipinski definition) is 0. The molecule has 0 unspecified atom stereocenters. The molecular formula is C18H15N5O2S. The van der Waals surface area contributed by atoms with Crippen molar-refractivity contribution in [1.82, 2.24) is 20.2 Å². The first kappa shape index (κ1) is 16.5. The van der Waals surface area contributed by atoms with Crippen LogP contribution in [0, 0.1) is 0 Å². The zero-order valence-corrected chi connectivity index (χ0v) is 15.0. The van der Waals surface area contributed by atoms with Crippen molar-refractivity contribution in [2.75, 3.05) is 11.2 Å². The summed E-state index contributed by atoms with van der Waals surface area (Å²) >= 11 is 1.37. The second kappa shape index (κ2) is 6.72. The van der Waals surface area contributed by atoms with E-state index in [-0.39, 0.29) is 5.91 Å². The van der Waals surface area contributed by atoms with E-state index in [1.165, 1.54) is 18.7 Å². The van der Waals surface area contributed by atoms with Crippen molar-refractivity contribution >= 4 is 23.4 Å². The number of para-hydroxylation sites is 1. The van der Waals surface area contributed by atoms with Gasteiger partial charge in [-0.3, -0.25) is 14.7 Å². The minimum atomic E-state index is -0.748. The van der Waals surface area contributed by atoms with E-state index in [1.54, 1.807) is 11.1 Å². The quantitative estimate of drug-likeness (QED) is 0.646. The highest BCUT2D eigenvalue weighted by atomic mass is 32.2. The van der Waals surface area contributed by atoms with Gasteiger partial charge in [0.1, 0.15) is 5.69 Å². The molecule has 1 atom stereocenters. The lowest BCUT2D eigenvalue weighted by Crippen LogP contribution is -2.36. The number of thioether (sulfide) groups is 1. The lowest BCUT2D eigenvalue weighted by Gasteiger charge is -2.29. The highest BCUT2D eigenvalue weighted by Gasteiger charge is 2.35. The normalized spacial score (nSPS) is 15.5. The van der Waals surface area contributed by atoms with E-state index < -0.39 is 6.23 Å². The van der Waals surface area contributed by atoms with Gasteiger partial charge in [0.05, 0.1) is 5.69 Å². The monoisotopic (exact) mass is 365 g/mol. The fourth-order valence-electron chi connectivity index (χ4n) is 2.85. The number of anilines is 1. The van der Waals surface area contributed by atoms with E-state index in [1.807, 2.05) is 48.7 Å². The predicted molar refractivity (Wildman–Crippen MR) is 97.8 cm³/mol. The van der Waals surface area contributed by atoms with Crippen molar-refractivity contribution in [1.29, 1.82) is 0 Å². The summed E-state index contributed by atoms with van der Waals surface area (Å²) in [5, 5.41) is 8.92. The summed E-state index contributed by atoms with van der Waals surface area (Å²) in [6.07, 6.45) is 2.79. The van der Waals surface area contributed by atoms with Crippen LogP contribution in [-0.2, 0) is 4.79 Å². The molecule has 8 heteroatoms. The van der Waals surface area contributed by atoms with Crippen molar-refractivity contribution in [3.63, 3.8) is 0 Å². The van der Waals surface area contributed by atoms with E-state index in [0.29, 0.717) is 28.1 Å². The number of carbonyl (C=O) groups excluding carboxylic acids is 1. The van der Waals surface area contributed by atoms with Crippen LogP contribution in [0.4, 0.5) is 5.69 Å². The van der Waals surface area contributed by atoms with E-state index in [2.05, 4.69) is 20.2 Å². The van der Waals surface area contributed by atoms with Gasteiger partial charge >= 0.3 is 0 Å². The van der Waals surface area contributed by atoms with Crippen LogP contribution in [0.3, 0.4) is 0 Å². The molecule has 0 radical (unpaired) electrons. The van der Waals surface area contributed by atoms with Gasteiger partial charge in [-0.25, -0.2) is 0 Å². The first-order valence-corrected chi connectivity index (χ1v) is 9.17. The Balaban J connectivity index is 1.98. The molecule has 26 heavy (non-hydrogen) atoms. The lowest BCUT2D eigenvalue weighted by molar-refractivity contribution is -0.118. The van der Waals surface area contributed by atoms with Gasteiger partial charge in [-0.1, -0.05) is 36.0 Å². The Morgan fingerprint density at radius 1 is 1.15 bits per heavy atom. The molecule has 130 valence electrons. The van der Waals surface area contributed by atoms with Crippen LogP contribution in [0.5, 0.6) is 5.88 Å². The maximum Gasteiger partial charge on any atom is 0.247 e. The summed E-state index contributed by atoms with van der Waals surface area (Å²) in [6.45, 7) is 1.50. The van der Waals surface area contributed by atoms with Crippen LogP contribution in [-0.4, -0.2) is 32.3 Å². The topological polar surface area (TPSA) is 81.1 Å². The molecular weight excluding hydrogens is 350 g/mol. The summed E-state index contributed by atoms with van der Waals surface area (Å²) < 4.78 is 6.16. The minimum absolute atomic E-state index is 0.168. The Morgan fingerprint density at radius 2 is 1.96 bits per heavy atom. The summed E-state index contributed by atoms with van der Waals surface area (Å²) in [4.78, 5) is 22.9. The molecule has 4 rings (SSSR count). The van der Waals surface area contributed by atoms with Gasteiger partial charge in [-0.15, -0.1) is 10.2 Å². The number of fused-ring (bicyclic) bond motifs is 3. The lowest BCUT2D eigenvalue weighted by atomic mass is 10.1. The Hall–Kier alpha value is -3.00. The van der Waals surface area contributed by atoms with Crippen molar-refractivity contribution < 1.29 is 9.53 Å². The van der Waals surface area contributed by atoms with Crippen LogP contribution >= 0.6 is 11.8 Å². The fourth-order valence-corrected chi connectivity index (χ4v) is 3.15. The van der Waals surface area contributed by atoms with Gasteiger partial charge in [0.2, 0.25) is 23.2 Å². The zero-order chi connectivity index (χ0) is 18.1. The van der Waals surface area contributed by atoms with Crippen LogP contribution in [0.2, 0.25) is 0 Å². The summed E-state index contributed by atoms with van der Waals surface area (Å²) in [7, 11) is 0. The maximum absolute atomic E-state index is 12.5. The Kier molecular flexibility index (Phi) is 4.26. The fraction of sp³-hybridized carbons (Fsp3) is 0.167. The van der Waals surface area contributed by atoms with Crippen molar-refractivity contribution in [2.45, 2.75) is 18.3 Å². The zero-order valence-electron chi connectivity index (χ0n) is 14.2. The molecule has 0 N–H and O–H groups in total. The Morgan fingerprint density at radius 3 is 2.69 bits per heavy atom. The van der Waals surface area contributed by atoms with Gasteiger partial charge in [0.25, 0.3) is 0 Å². The van der Waals surface area contributed by atoms with Gasteiger partial charge in [0.15, 0.2) is 5.69 Å². The average molecular weight is 365 g/mol. The molecule has 7 nitrogen and oxygen atoms in total. The molecule has 1 aliphatic rings. The molecule has 0 aliphatic carbocycles. The average Bonchev–Trinajstić information content (AvgIpc) is 2.82. The molecule has 1 aromatic carbocycles. The van der Waals surface area contributed by atoms with Crippen LogP contribution < -0.4 is 9.64 Å². The summed E-state index contributed by atoms with van der Waals surface area (Å²) in [5.41, 5.74) is 2.53. The molecule has 0 saturated heterocycles. The van der Waals surface area contributed by atoms with Gasteiger partial charge < -0.3 is 4.74 Å². The molecule has 3 aromatic rings. The first-order chi connectivity index (χ1) is 12.7. The van der Waals surface area contributed by atoms with E-state index >= 15 is 0 Å². The number of ether oxygens (including phenoxy) is 1. The number of rotatable bonds is 2. The third kappa shape index (κ3) is 2.78. The van der Waals surface area contributed by atoms with Gasteiger partial charge in [-0.05, 0) is 24.5 Å². The number of pyridine rings is 1. The van der Waals surface area contributed by atoms with Crippen molar-refractivity contribution in [3.05, 3.63) is 54.4 Å². The first-order valence-electron chi connectivity index (χ1n) is 7.94. The Bertz CT molecular complexity index is 967. The molecule has 2 aromatic heterocycles. The molecule has 0 spiro atoms. The Labute approximate surface area is 154 Å². The smallest absolute Gasteiger partial charge is 0.247 e. The van der Waals surface area contributed by atoms with Crippen LogP contribution in [0.1, 0.15) is 18.8 Å². The van der Waals surface area contributed by atoms with Crippen molar-refractivity contribution in [3.8, 4) is 17.1 Å². The highest BCUT2D eigenvalue weighted by molar-refractivity contribution is 7.98. The standard InChI is InChI=1S/C18H15N5O2S/c1-11(24)23-14-9-4-3-7-12(14)15-16(20-18(26-2)22-21-15)25-17(23)13-8-5-6-10-19-13/h3-10,17H,1-2H3/t17-/m0/s1. The SMILES string of the molecule is CSc1nnc2c(n1)O[C@@H](c1ccccn1)N(C(C)=O)c1ccccc1-2. The third-order valence-corrected chi connectivity index (χ3v) is 4.51. The largest absolute Gasteiger partial charge is 0.445 e. The van der Waals surface area contributed by atoms with E-state index in [9.17, 15) is 4.79 Å². The summed E-state index contributed by atoms with van der Waals surface area (Å²) in [6, 6.07) is 13.0. The molecule has 0 bridgehead atoms. The number of carbonyl (C=O) groups is 1. The number of nitrogens with zero attached hydrogens (tertiary/aromatic N) is 5. The van der Waals surface area contributed by atoms with Crippen LogP contribution in [0.15, 0.2) is 53.8 Å². The second-order valence-corrected chi connectivity index (χ2v) is 6.36. The molecule has 0 fully saturated rings. The molecule has 1 amide bonds. The van der Waals surface area contributed by atoms with E-state index in [0.717, 1.165) is 5.56 Å². The number of hydrogen-bond acceptors (Lipinski definition) is 7. The number of aromatic nitrogens is 4. The second-order valence-electron chi connectivity index (χ2n) is 5.58. The predicted octanol–water partition coefficient (Wildman–Crippen LogP) is 3.10. The van der Waals surface area contributed by atoms with Crippen molar-refractivity contribution in [2.24, 2.45) is 0 Å². The highest BCUT2D eigenvalue weighted by Crippen LogP contribution is 2.42. The molecule has 0 saturated carbocycles. The third-order valence-electron chi connectivity index (χ3n) is 3.97. The summed E-state index contributed by atoms with van der Waals surface area (Å²) in [5.74, 6) is 0.162. The number of benzene rings is 1. The minimum Gasteiger partial charge on any atom is -0.445 e. The molecule has 1 aliphatic heterocycles.